The molecule has 0 aromatic carbocycles. The molecule has 1 saturated carbocycles. The van der Waals surface area contributed by atoms with Gasteiger partial charge in [-0.05, 0) is 29.4 Å². The van der Waals surface area contributed by atoms with E-state index in [9.17, 15) is 9.59 Å². The predicted molar refractivity (Wildman–Crippen MR) is 55.1 cm³/mol. The number of ketones is 1. The predicted octanol–water partition coefficient (Wildman–Crippen LogP) is 1.72. The van der Waals surface area contributed by atoms with Gasteiger partial charge in [0.05, 0.1) is 0 Å². The van der Waals surface area contributed by atoms with Crippen molar-refractivity contribution in [2.75, 3.05) is 6.61 Å². The normalized spacial score (nSPS) is 31.7. The molecule has 0 N–H and O–H groups in total. The first-order chi connectivity index (χ1) is 6.93. The van der Waals surface area contributed by atoms with E-state index >= 15 is 0 Å². The summed E-state index contributed by atoms with van der Waals surface area (Å²) in [7, 11) is 0. The first-order valence-electron chi connectivity index (χ1n) is 5.30. The molecule has 0 aromatic rings. The number of hydrogen-bond acceptors (Lipinski definition) is 3. The van der Waals surface area contributed by atoms with Crippen LogP contribution in [0.25, 0.3) is 0 Å². The van der Waals surface area contributed by atoms with Gasteiger partial charge in [-0.15, -0.1) is 0 Å². The summed E-state index contributed by atoms with van der Waals surface area (Å²) in [4.78, 5) is 22.4. The Balaban J connectivity index is 2.13. The fourth-order valence-electron chi connectivity index (χ4n) is 2.75. The summed E-state index contributed by atoms with van der Waals surface area (Å²) in [5.74, 6) is 0.510. The third-order valence-corrected chi connectivity index (χ3v) is 3.83. The first kappa shape index (κ1) is 10.4. The Morgan fingerprint density at radius 2 is 2.20 bits per heavy atom. The fourth-order valence-corrected chi connectivity index (χ4v) is 2.75. The first-order valence-corrected chi connectivity index (χ1v) is 5.30. The van der Waals surface area contributed by atoms with Crippen molar-refractivity contribution in [3.63, 3.8) is 0 Å². The van der Waals surface area contributed by atoms with E-state index in [4.69, 9.17) is 4.74 Å². The summed E-state index contributed by atoms with van der Waals surface area (Å²) in [5.41, 5.74) is 1.05. The van der Waals surface area contributed by atoms with Crippen LogP contribution in [0.5, 0.6) is 0 Å². The molecule has 3 nitrogen and oxygen atoms in total. The van der Waals surface area contributed by atoms with Gasteiger partial charge < -0.3 is 4.74 Å². The Morgan fingerprint density at radius 3 is 2.67 bits per heavy atom. The lowest BCUT2D eigenvalue weighted by Crippen LogP contribution is -2.53. The Labute approximate surface area is 89.5 Å². The van der Waals surface area contributed by atoms with Gasteiger partial charge in [0.1, 0.15) is 6.61 Å². The van der Waals surface area contributed by atoms with Crippen molar-refractivity contribution in [1.82, 2.24) is 0 Å². The zero-order valence-corrected chi connectivity index (χ0v) is 9.37. The van der Waals surface area contributed by atoms with Crippen LogP contribution >= 0.6 is 0 Å². The Bertz CT molecular complexity index is 352. The zero-order chi connectivity index (χ0) is 11.2. The fraction of sp³-hybridized carbons (Fsp3) is 0.667. The number of rotatable bonds is 2. The lowest BCUT2D eigenvalue weighted by Gasteiger charge is -2.54. The van der Waals surface area contributed by atoms with Gasteiger partial charge in [-0.25, -0.2) is 0 Å². The van der Waals surface area contributed by atoms with E-state index in [0.717, 1.165) is 12.0 Å². The van der Waals surface area contributed by atoms with E-state index in [-0.39, 0.29) is 29.7 Å². The van der Waals surface area contributed by atoms with Crippen molar-refractivity contribution in [2.24, 2.45) is 17.3 Å². The minimum absolute atomic E-state index is 0.0569. The molecular weight excluding hydrogens is 192 g/mol. The Morgan fingerprint density at radius 1 is 1.53 bits per heavy atom. The highest BCUT2D eigenvalue weighted by Crippen LogP contribution is 2.57. The summed E-state index contributed by atoms with van der Waals surface area (Å²) in [6, 6.07) is 0. The van der Waals surface area contributed by atoms with Gasteiger partial charge in [-0.1, -0.05) is 13.8 Å². The second-order valence-electron chi connectivity index (χ2n) is 5.06. The molecule has 0 aromatic heterocycles. The van der Waals surface area contributed by atoms with Crippen LogP contribution in [0.3, 0.4) is 0 Å². The van der Waals surface area contributed by atoms with Crippen molar-refractivity contribution < 1.29 is 14.3 Å². The van der Waals surface area contributed by atoms with E-state index < -0.39 is 0 Å². The quantitative estimate of drug-likeness (QED) is 0.649. The third-order valence-electron chi connectivity index (χ3n) is 3.83. The lowest BCUT2D eigenvalue weighted by molar-refractivity contribution is -0.143. The van der Waals surface area contributed by atoms with E-state index in [1.165, 1.54) is 6.92 Å². The van der Waals surface area contributed by atoms with Gasteiger partial charge in [0, 0.05) is 12.8 Å². The number of esters is 1. The molecular formula is C12H16O3. The lowest BCUT2D eigenvalue weighted by atomic mass is 9.48. The molecule has 3 heteroatoms. The van der Waals surface area contributed by atoms with Crippen molar-refractivity contribution in [1.29, 1.82) is 0 Å². The maximum Gasteiger partial charge on any atom is 0.302 e. The highest BCUT2D eigenvalue weighted by molar-refractivity contribution is 5.96. The zero-order valence-electron chi connectivity index (χ0n) is 9.37. The average Bonchev–Trinajstić information content (AvgIpc) is 2.13. The molecule has 2 bridgehead atoms. The van der Waals surface area contributed by atoms with Crippen LogP contribution in [0.2, 0.25) is 0 Å². The average molecular weight is 208 g/mol. The maximum absolute atomic E-state index is 11.7. The number of hydrogen-bond donors (Lipinski definition) is 0. The van der Waals surface area contributed by atoms with Gasteiger partial charge in [-0.3, -0.25) is 9.59 Å². The van der Waals surface area contributed by atoms with Gasteiger partial charge in [0.25, 0.3) is 0 Å². The van der Waals surface area contributed by atoms with Crippen LogP contribution in [0.15, 0.2) is 11.6 Å². The molecule has 3 aliphatic carbocycles. The number of carbonyl (C=O) groups is 2. The molecule has 3 rings (SSSR count). The summed E-state index contributed by atoms with van der Waals surface area (Å²) in [5, 5.41) is 0. The van der Waals surface area contributed by atoms with Gasteiger partial charge >= 0.3 is 5.97 Å². The molecule has 15 heavy (non-hydrogen) atoms. The summed E-state index contributed by atoms with van der Waals surface area (Å²) in [6.07, 6.45) is 2.60. The SMILES string of the molecule is CC(=O)OCC1=CC(=O)[C@H]2C[C@@H]1C2(C)C. The van der Waals surface area contributed by atoms with Gasteiger partial charge in [0.15, 0.2) is 5.78 Å². The Hall–Kier alpha value is -1.12. The molecule has 0 spiro atoms. The maximum atomic E-state index is 11.7. The van der Waals surface area contributed by atoms with Crippen LogP contribution in [0, 0.1) is 17.3 Å². The second kappa shape index (κ2) is 3.19. The summed E-state index contributed by atoms with van der Waals surface area (Å²) >= 11 is 0. The van der Waals surface area contributed by atoms with Crippen molar-refractivity contribution in [2.45, 2.75) is 27.2 Å². The minimum atomic E-state index is -0.289. The summed E-state index contributed by atoms with van der Waals surface area (Å²) < 4.78 is 4.96. The minimum Gasteiger partial charge on any atom is -0.461 e. The molecule has 0 aliphatic heterocycles. The number of fused-ring (bicyclic) bond motifs is 1. The van der Waals surface area contributed by atoms with E-state index in [1.54, 1.807) is 6.08 Å². The number of allylic oxidation sites excluding steroid dienone is 1. The smallest absolute Gasteiger partial charge is 0.302 e. The van der Waals surface area contributed by atoms with E-state index in [2.05, 4.69) is 13.8 Å². The molecule has 2 atom stereocenters. The molecule has 3 aliphatic rings. The van der Waals surface area contributed by atoms with Gasteiger partial charge in [-0.2, -0.15) is 0 Å². The molecule has 0 unspecified atom stereocenters. The van der Waals surface area contributed by atoms with Crippen LogP contribution in [-0.4, -0.2) is 18.4 Å². The van der Waals surface area contributed by atoms with Crippen LogP contribution in [0.4, 0.5) is 0 Å². The van der Waals surface area contributed by atoms with Gasteiger partial charge in [0.2, 0.25) is 0 Å². The van der Waals surface area contributed by atoms with Crippen molar-refractivity contribution in [3.8, 4) is 0 Å². The monoisotopic (exact) mass is 208 g/mol. The Kier molecular flexibility index (Phi) is 2.21. The largest absolute Gasteiger partial charge is 0.461 e. The molecule has 0 heterocycles. The van der Waals surface area contributed by atoms with Crippen LogP contribution in [-0.2, 0) is 14.3 Å². The van der Waals surface area contributed by atoms with Crippen molar-refractivity contribution >= 4 is 11.8 Å². The topological polar surface area (TPSA) is 43.4 Å². The molecule has 0 saturated heterocycles. The number of carbonyl (C=O) groups excluding carboxylic acids is 2. The van der Waals surface area contributed by atoms with E-state index in [0.29, 0.717) is 5.92 Å². The molecule has 82 valence electrons. The summed E-state index contributed by atoms with van der Waals surface area (Å²) in [6.45, 7) is 5.90. The van der Waals surface area contributed by atoms with Crippen LogP contribution in [0.1, 0.15) is 27.2 Å². The number of ether oxygens (including phenoxy) is 1. The molecule has 0 radical (unpaired) electrons. The molecule has 0 amide bonds. The standard InChI is InChI=1S/C12H16O3/c1-7(13)15-6-8-4-11(14)10-5-9(8)12(10,2)3/h4,9-10H,5-6H2,1-3H3/t9-,10+/m0/s1. The van der Waals surface area contributed by atoms with Crippen LogP contribution < -0.4 is 0 Å². The third kappa shape index (κ3) is 1.50. The highest BCUT2D eigenvalue weighted by atomic mass is 16.5. The molecule has 1 fully saturated rings. The highest BCUT2D eigenvalue weighted by Gasteiger charge is 2.55. The van der Waals surface area contributed by atoms with Crippen molar-refractivity contribution in [3.05, 3.63) is 11.6 Å². The second-order valence-corrected chi connectivity index (χ2v) is 5.06. The van der Waals surface area contributed by atoms with E-state index in [1.807, 2.05) is 0 Å².